The van der Waals surface area contributed by atoms with Crippen molar-refractivity contribution in [3.8, 4) is 0 Å². The Morgan fingerprint density at radius 3 is 2.15 bits per heavy atom. The topological polar surface area (TPSA) is 131 Å². The molecule has 2 atom stereocenters. The molecule has 9 heteroatoms. The molecule has 0 heterocycles. The standard InChI is InChI=1S/C11H18N2O7/c1-6(10(17)20-3)12-11(18)13-7(9(15)16)4-5-8(14)19-2/h6-7H,4-5H2,1-3H3,(H,15,16)(H2,12,13,18)/t6?,7-/m1/s1. The van der Waals surface area contributed by atoms with Crippen LogP contribution in [0.4, 0.5) is 4.79 Å². The fraction of sp³-hybridized carbons (Fsp3) is 0.636. The molecule has 0 aromatic carbocycles. The summed E-state index contributed by atoms with van der Waals surface area (Å²) in [6, 6.07) is -3.03. The third-order valence-corrected chi connectivity index (χ3v) is 2.37. The summed E-state index contributed by atoms with van der Waals surface area (Å²) in [5, 5.41) is 13.3. The first kappa shape index (κ1) is 17.7. The van der Waals surface area contributed by atoms with Gasteiger partial charge in [0.25, 0.3) is 0 Å². The lowest BCUT2D eigenvalue weighted by Crippen LogP contribution is -2.50. The van der Waals surface area contributed by atoms with Crippen LogP contribution < -0.4 is 10.6 Å². The maximum atomic E-state index is 11.5. The lowest BCUT2D eigenvalue weighted by Gasteiger charge is -2.16. The molecule has 0 aromatic heterocycles. The highest BCUT2D eigenvalue weighted by molar-refractivity contribution is 5.86. The summed E-state index contributed by atoms with van der Waals surface area (Å²) < 4.78 is 8.77. The van der Waals surface area contributed by atoms with E-state index in [4.69, 9.17) is 5.11 Å². The average Bonchev–Trinajstić information content (AvgIpc) is 2.41. The third-order valence-electron chi connectivity index (χ3n) is 2.37. The normalized spacial score (nSPS) is 12.8. The van der Waals surface area contributed by atoms with Crippen LogP contribution in [0.15, 0.2) is 0 Å². The second kappa shape index (κ2) is 8.73. The minimum Gasteiger partial charge on any atom is -0.480 e. The van der Waals surface area contributed by atoms with Crippen molar-refractivity contribution in [2.75, 3.05) is 14.2 Å². The number of nitrogens with one attached hydrogen (secondary N) is 2. The number of amides is 2. The van der Waals surface area contributed by atoms with Gasteiger partial charge in [0, 0.05) is 6.42 Å². The van der Waals surface area contributed by atoms with Crippen molar-refractivity contribution < 1.29 is 33.8 Å². The first-order chi connectivity index (χ1) is 9.31. The van der Waals surface area contributed by atoms with Crippen LogP contribution in [0.1, 0.15) is 19.8 Å². The van der Waals surface area contributed by atoms with Crippen molar-refractivity contribution in [3.05, 3.63) is 0 Å². The summed E-state index contributed by atoms with van der Waals surface area (Å²) in [6.07, 6.45) is -0.275. The quantitative estimate of drug-likeness (QED) is 0.526. The van der Waals surface area contributed by atoms with Crippen LogP contribution in [0.5, 0.6) is 0 Å². The van der Waals surface area contributed by atoms with Crippen LogP contribution in [0.3, 0.4) is 0 Å². The molecule has 2 amide bonds. The van der Waals surface area contributed by atoms with Crippen LogP contribution in [-0.2, 0) is 23.9 Å². The van der Waals surface area contributed by atoms with Crippen LogP contribution in [0.25, 0.3) is 0 Å². The molecular weight excluding hydrogens is 272 g/mol. The molecule has 0 aromatic rings. The van der Waals surface area contributed by atoms with Gasteiger partial charge in [0.05, 0.1) is 14.2 Å². The number of hydrogen-bond acceptors (Lipinski definition) is 6. The second-order valence-electron chi connectivity index (χ2n) is 3.87. The molecule has 20 heavy (non-hydrogen) atoms. The van der Waals surface area contributed by atoms with E-state index in [9.17, 15) is 19.2 Å². The highest BCUT2D eigenvalue weighted by atomic mass is 16.5. The predicted octanol–water partition coefficient (Wildman–Crippen LogP) is -0.746. The first-order valence-electron chi connectivity index (χ1n) is 5.76. The van der Waals surface area contributed by atoms with E-state index in [0.29, 0.717) is 0 Å². The molecule has 0 saturated heterocycles. The van der Waals surface area contributed by atoms with E-state index in [1.807, 2.05) is 0 Å². The zero-order valence-corrected chi connectivity index (χ0v) is 11.5. The van der Waals surface area contributed by atoms with Gasteiger partial charge in [0.2, 0.25) is 0 Å². The average molecular weight is 290 g/mol. The Labute approximate surface area is 115 Å². The van der Waals surface area contributed by atoms with E-state index >= 15 is 0 Å². The fourth-order valence-electron chi connectivity index (χ4n) is 1.25. The number of aliphatic carboxylic acids is 1. The van der Waals surface area contributed by atoms with E-state index in [-0.39, 0.29) is 12.8 Å². The van der Waals surface area contributed by atoms with Gasteiger partial charge >= 0.3 is 23.9 Å². The zero-order valence-electron chi connectivity index (χ0n) is 11.5. The Hall–Kier alpha value is -2.32. The van der Waals surface area contributed by atoms with E-state index in [1.165, 1.54) is 14.0 Å². The SMILES string of the molecule is COC(=O)CC[C@@H](NC(=O)NC(C)C(=O)OC)C(=O)O. The molecular formula is C11H18N2O7. The van der Waals surface area contributed by atoms with E-state index in [0.717, 1.165) is 7.11 Å². The van der Waals surface area contributed by atoms with E-state index < -0.39 is 36.0 Å². The molecule has 0 spiro atoms. The molecule has 114 valence electrons. The van der Waals surface area contributed by atoms with Gasteiger partial charge in [-0.05, 0) is 13.3 Å². The maximum Gasteiger partial charge on any atom is 0.328 e. The molecule has 0 radical (unpaired) electrons. The molecule has 9 nitrogen and oxygen atoms in total. The number of methoxy groups -OCH3 is 2. The number of hydrogen-bond donors (Lipinski definition) is 3. The molecule has 0 aliphatic rings. The number of ether oxygens (including phenoxy) is 2. The predicted molar refractivity (Wildman–Crippen MR) is 65.8 cm³/mol. The highest BCUT2D eigenvalue weighted by Gasteiger charge is 2.23. The lowest BCUT2D eigenvalue weighted by molar-refractivity contribution is -0.143. The molecule has 0 saturated carbocycles. The number of carboxylic acid groups (broad SMARTS) is 1. The van der Waals surface area contributed by atoms with Crippen LogP contribution in [0.2, 0.25) is 0 Å². The summed E-state index contributed by atoms with van der Waals surface area (Å²) >= 11 is 0. The third kappa shape index (κ3) is 6.57. The van der Waals surface area contributed by atoms with Gasteiger partial charge < -0.3 is 25.2 Å². The number of rotatable bonds is 7. The van der Waals surface area contributed by atoms with Gasteiger partial charge in [-0.1, -0.05) is 0 Å². The van der Waals surface area contributed by atoms with E-state index in [2.05, 4.69) is 20.1 Å². The molecule has 0 rings (SSSR count). The Morgan fingerprint density at radius 1 is 1.10 bits per heavy atom. The minimum atomic E-state index is -1.30. The van der Waals surface area contributed by atoms with Gasteiger partial charge in [-0.25, -0.2) is 14.4 Å². The van der Waals surface area contributed by atoms with Gasteiger partial charge in [0.15, 0.2) is 0 Å². The van der Waals surface area contributed by atoms with Gasteiger partial charge in [-0.15, -0.1) is 0 Å². The number of esters is 2. The zero-order chi connectivity index (χ0) is 15.7. The number of carboxylic acids is 1. The van der Waals surface area contributed by atoms with Gasteiger partial charge in [-0.3, -0.25) is 4.79 Å². The van der Waals surface area contributed by atoms with Crippen LogP contribution >= 0.6 is 0 Å². The van der Waals surface area contributed by atoms with Crippen LogP contribution in [-0.4, -0.2) is 55.3 Å². The van der Waals surface area contributed by atoms with Crippen LogP contribution in [0, 0.1) is 0 Å². The lowest BCUT2D eigenvalue weighted by atomic mass is 10.1. The smallest absolute Gasteiger partial charge is 0.328 e. The summed E-state index contributed by atoms with van der Waals surface area (Å²) in [5.74, 6) is -2.54. The number of carbonyl (C=O) groups excluding carboxylic acids is 3. The molecule has 0 aliphatic heterocycles. The van der Waals surface area contributed by atoms with Crippen molar-refractivity contribution >= 4 is 23.9 Å². The van der Waals surface area contributed by atoms with E-state index in [1.54, 1.807) is 0 Å². The minimum absolute atomic E-state index is 0.123. The van der Waals surface area contributed by atoms with Crippen molar-refractivity contribution in [3.63, 3.8) is 0 Å². The Morgan fingerprint density at radius 2 is 1.70 bits per heavy atom. The van der Waals surface area contributed by atoms with Crippen molar-refractivity contribution in [1.29, 1.82) is 0 Å². The monoisotopic (exact) mass is 290 g/mol. The second-order valence-corrected chi connectivity index (χ2v) is 3.87. The number of carbonyl (C=O) groups is 4. The maximum absolute atomic E-state index is 11.5. The Balaban J connectivity index is 4.37. The first-order valence-corrected chi connectivity index (χ1v) is 5.76. The molecule has 0 fully saturated rings. The Bertz CT molecular complexity index is 383. The molecule has 1 unspecified atom stereocenters. The number of urea groups is 1. The largest absolute Gasteiger partial charge is 0.480 e. The van der Waals surface area contributed by atoms with Crippen molar-refractivity contribution in [2.45, 2.75) is 31.8 Å². The molecule has 3 N–H and O–H groups in total. The van der Waals surface area contributed by atoms with Crippen molar-refractivity contribution in [2.24, 2.45) is 0 Å². The Kier molecular flexibility index (Phi) is 7.71. The molecule has 0 aliphatic carbocycles. The summed E-state index contributed by atoms with van der Waals surface area (Å²) in [6.45, 7) is 1.38. The highest BCUT2D eigenvalue weighted by Crippen LogP contribution is 2.00. The molecule has 0 bridgehead atoms. The summed E-state index contributed by atoms with van der Waals surface area (Å²) in [7, 11) is 2.34. The van der Waals surface area contributed by atoms with Gasteiger partial charge in [0.1, 0.15) is 12.1 Å². The summed E-state index contributed by atoms with van der Waals surface area (Å²) in [4.78, 5) is 44.4. The fourth-order valence-corrected chi connectivity index (χ4v) is 1.25. The van der Waals surface area contributed by atoms with Crippen molar-refractivity contribution in [1.82, 2.24) is 10.6 Å². The van der Waals surface area contributed by atoms with Gasteiger partial charge in [-0.2, -0.15) is 0 Å². The summed E-state index contributed by atoms with van der Waals surface area (Å²) in [5.41, 5.74) is 0.